The molecule has 0 heterocycles. The summed E-state index contributed by atoms with van der Waals surface area (Å²) >= 11 is 0. The molecule has 0 spiro atoms. The van der Waals surface area contributed by atoms with Crippen LogP contribution < -0.4 is 5.73 Å². The average Bonchev–Trinajstić information content (AvgIpc) is 2.48. The molecule has 2 aromatic carbocycles. The van der Waals surface area contributed by atoms with E-state index < -0.39 is 63.5 Å². The molecule has 4 N–H and O–H groups in total. The molecule has 0 fully saturated rings. The number of carboxylic acids is 1. The first kappa shape index (κ1) is 16.5. The summed E-state index contributed by atoms with van der Waals surface area (Å²) in [5.74, 6) is -10.5. The lowest BCUT2D eigenvalue weighted by molar-refractivity contribution is 0.0693. The van der Waals surface area contributed by atoms with Gasteiger partial charge < -0.3 is 15.9 Å². The van der Waals surface area contributed by atoms with Gasteiger partial charge in [-0.05, 0) is 12.1 Å². The van der Waals surface area contributed by atoms with Crippen molar-refractivity contribution >= 4 is 11.7 Å². The Morgan fingerprint density at radius 3 is 2.17 bits per heavy atom. The second-order valence-corrected chi connectivity index (χ2v) is 4.56. The van der Waals surface area contributed by atoms with E-state index in [2.05, 4.69) is 0 Å². The van der Waals surface area contributed by atoms with E-state index in [1.54, 1.807) is 0 Å². The second kappa shape index (κ2) is 5.75. The minimum atomic E-state index is -2.58. The number of aromatic carboxylic acids is 1. The molecule has 0 amide bonds. The van der Waals surface area contributed by atoms with Gasteiger partial charge in [0.15, 0.2) is 29.4 Å². The van der Waals surface area contributed by atoms with E-state index in [9.17, 15) is 31.9 Å². The van der Waals surface area contributed by atoms with Crippen molar-refractivity contribution in [2.45, 2.75) is 6.17 Å². The zero-order chi connectivity index (χ0) is 17.5. The van der Waals surface area contributed by atoms with E-state index in [1.807, 2.05) is 0 Å². The Bertz CT molecular complexity index is 810. The number of nitrogen functional groups attached to an aromatic ring is 1. The Kier molecular flexibility index (Phi) is 4.13. The fraction of sp³-hybridized carbons (Fsp3) is 0.0714. The number of carbonyl (C=O) groups is 1. The highest BCUT2D eigenvalue weighted by Gasteiger charge is 2.27. The summed E-state index contributed by atoms with van der Waals surface area (Å²) < 4.78 is 67.3. The first-order valence-electron chi connectivity index (χ1n) is 5.97. The maximum atomic E-state index is 14.4. The summed E-state index contributed by atoms with van der Waals surface area (Å²) in [7, 11) is 0. The number of hydrogen-bond acceptors (Lipinski definition) is 3. The molecule has 0 aliphatic rings. The lowest BCUT2D eigenvalue weighted by atomic mass is 9.97. The zero-order valence-electron chi connectivity index (χ0n) is 11.1. The third-order valence-corrected chi connectivity index (χ3v) is 3.11. The topological polar surface area (TPSA) is 83.5 Å². The number of rotatable bonds is 3. The van der Waals surface area contributed by atoms with Gasteiger partial charge >= 0.3 is 5.97 Å². The van der Waals surface area contributed by atoms with Crippen LogP contribution in [0.2, 0.25) is 0 Å². The van der Waals surface area contributed by atoms with Gasteiger partial charge in [0.1, 0.15) is 11.3 Å². The van der Waals surface area contributed by atoms with Crippen LogP contribution in [0.5, 0.6) is 5.75 Å². The molecule has 2 aromatic rings. The van der Waals surface area contributed by atoms with Crippen molar-refractivity contribution in [3.8, 4) is 5.75 Å². The summed E-state index contributed by atoms with van der Waals surface area (Å²) in [6.07, 6.45) is -2.58. The van der Waals surface area contributed by atoms with Gasteiger partial charge in [0, 0.05) is 22.9 Å². The van der Waals surface area contributed by atoms with E-state index in [1.165, 1.54) is 0 Å². The molecule has 23 heavy (non-hydrogen) atoms. The van der Waals surface area contributed by atoms with Crippen molar-refractivity contribution in [3.05, 3.63) is 58.2 Å². The fourth-order valence-corrected chi connectivity index (χ4v) is 1.96. The molecular formula is C14H8F5NO3. The number of carboxylic acid groups (broad SMARTS) is 1. The van der Waals surface area contributed by atoms with Crippen LogP contribution in [0.1, 0.15) is 27.7 Å². The average molecular weight is 333 g/mol. The largest absolute Gasteiger partial charge is 0.507 e. The molecule has 0 bridgehead atoms. The first-order valence-corrected chi connectivity index (χ1v) is 5.97. The summed E-state index contributed by atoms with van der Waals surface area (Å²) in [5, 5.41) is 18.2. The number of alkyl halides is 1. The normalized spacial score (nSPS) is 12.2. The van der Waals surface area contributed by atoms with Gasteiger partial charge in [-0.15, -0.1) is 0 Å². The molecule has 2 rings (SSSR count). The van der Waals surface area contributed by atoms with Gasteiger partial charge in [0.05, 0.1) is 0 Å². The van der Waals surface area contributed by atoms with Gasteiger partial charge in [-0.2, -0.15) is 0 Å². The Balaban J connectivity index is 2.64. The smallest absolute Gasteiger partial charge is 0.339 e. The molecule has 4 nitrogen and oxygen atoms in total. The monoisotopic (exact) mass is 333 g/mol. The second-order valence-electron chi connectivity index (χ2n) is 4.56. The molecule has 0 aliphatic heterocycles. The van der Waals surface area contributed by atoms with Crippen LogP contribution in [0.4, 0.5) is 27.6 Å². The third-order valence-electron chi connectivity index (χ3n) is 3.11. The van der Waals surface area contributed by atoms with Crippen LogP contribution in [0.25, 0.3) is 0 Å². The number of phenols is 1. The Hall–Kier alpha value is -2.84. The lowest BCUT2D eigenvalue weighted by Gasteiger charge is -2.15. The van der Waals surface area contributed by atoms with Crippen LogP contribution in [-0.4, -0.2) is 16.2 Å². The first-order chi connectivity index (χ1) is 10.6. The van der Waals surface area contributed by atoms with Gasteiger partial charge in [-0.25, -0.2) is 26.7 Å². The van der Waals surface area contributed by atoms with Crippen LogP contribution in [-0.2, 0) is 0 Å². The van der Waals surface area contributed by atoms with Crippen LogP contribution in [0.15, 0.2) is 18.2 Å². The summed E-state index contributed by atoms with van der Waals surface area (Å²) in [6, 6.07) is 1.39. The molecular weight excluding hydrogens is 325 g/mol. The van der Waals surface area contributed by atoms with E-state index in [4.69, 9.17) is 10.8 Å². The Morgan fingerprint density at radius 1 is 1.00 bits per heavy atom. The molecule has 9 heteroatoms. The number of benzene rings is 2. The Morgan fingerprint density at radius 2 is 1.61 bits per heavy atom. The SMILES string of the molecule is Nc1cc(O)c(C(=O)O)cc1C(F)c1cc(F)c(F)c(F)c1F. The minimum absolute atomic E-state index is 0.102. The molecule has 0 saturated heterocycles. The summed E-state index contributed by atoms with van der Waals surface area (Å²) in [5.41, 5.74) is 2.33. The highest BCUT2D eigenvalue weighted by atomic mass is 19.2. The Labute approximate surface area is 125 Å². The van der Waals surface area contributed by atoms with Crippen molar-refractivity contribution in [2.75, 3.05) is 5.73 Å². The predicted molar refractivity (Wildman–Crippen MR) is 68.7 cm³/mol. The van der Waals surface area contributed by atoms with Gasteiger partial charge in [-0.3, -0.25) is 0 Å². The molecule has 0 radical (unpaired) electrons. The summed E-state index contributed by atoms with van der Waals surface area (Å²) in [4.78, 5) is 10.9. The zero-order valence-corrected chi connectivity index (χ0v) is 11.1. The van der Waals surface area contributed by atoms with E-state index in [-0.39, 0.29) is 6.07 Å². The fourth-order valence-electron chi connectivity index (χ4n) is 1.96. The molecule has 0 aliphatic carbocycles. The quantitative estimate of drug-likeness (QED) is 0.348. The molecule has 1 atom stereocenters. The number of nitrogens with two attached hydrogens (primary N) is 1. The number of aromatic hydroxyl groups is 1. The van der Waals surface area contributed by atoms with E-state index in [0.29, 0.717) is 12.1 Å². The van der Waals surface area contributed by atoms with Crippen molar-refractivity contribution in [2.24, 2.45) is 0 Å². The minimum Gasteiger partial charge on any atom is -0.507 e. The van der Waals surface area contributed by atoms with Crippen LogP contribution in [0, 0.1) is 23.3 Å². The van der Waals surface area contributed by atoms with Crippen molar-refractivity contribution in [3.63, 3.8) is 0 Å². The molecule has 0 aromatic heterocycles. The number of halogens is 5. The third kappa shape index (κ3) is 2.77. The highest BCUT2D eigenvalue weighted by molar-refractivity contribution is 5.92. The summed E-state index contributed by atoms with van der Waals surface area (Å²) in [6.45, 7) is 0. The lowest BCUT2D eigenvalue weighted by Crippen LogP contribution is -2.08. The van der Waals surface area contributed by atoms with Gasteiger partial charge in [-0.1, -0.05) is 0 Å². The predicted octanol–water partition coefficient (Wildman–Crippen LogP) is 3.29. The van der Waals surface area contributed by atoms with Crippen molar-refractivity contribution in [1.29, 1.82) is 0 Å². The number of anilines is 1. The number of hydrogen-bond donors (Lipinski definition) is 3. The van der Waals surface area contributed by atoms with Gasteiger partial charge in [0.2, 0.25) is 0 Å². The molecule has 0 saturated carbocycles. The maximum Gasteiger partial charge on any atom is 0.339 e. The van der Waals surface area contributed by atoms with E-state index >= 15 is 0 Å². The highest BCUT2D eigenvalue weighted by Crippen LogP contribution is 2.36. The van der Waals surface area contributed by atoms with Crippen molar-refractivity contribution < 1.29 is 37.0 Å². The van der Waals surface area contributed by atoms with Gasteiger partial charge in [0.25, 0.3) is 0 Å². The maximum absolute atomic E-state index is 14.4. The van der Waals surface area contributed by atoms with Crippen LogP contribution in [0.3, 0.4) is 0 Å². The van der Waals surface area contributed by atoms with Crippen LogP contribution >= 0.6 is 0 Å². The van der Waals surface area contributed by atoms with E-state index in [0.717, 1.165) is 0 Å². The molecule has 1 unspecified atom stereocenters. The molecule has 122 valence electrons. The van der Waals surface area contributed by atoms with Crippen molar-refractivity contribution in [1.82, 2.24) is 0 Å². The standard InChI is InChI=1S/C14H8F5NO3/c15-7-2-6(11(17)13(19)12(7)18)10(16)4-1-5(14(22)23)9(21)3-8(4)20/h1-3,10,21H,20H2,(H,22,23).